The molecule has 0 atom stereocenters. The molecular weight excluding hydrogens is 328 g/mol. The maximum absolute atomic E-state index is 12.7. The van der Waals surface area contributed by atoms with Crippen LogP contribution in [0.3, 0.4) is 0 Å². The molecule has 4 rings (SSSR count). The van der Waals surface area contributed by atoms with Crippen molar-refractivity contribution in [3.05, 3.63) is 89.0 Å². The lowest BCUT2D eigenvalue weighted by atomic mass is 9.84. The van der Waals surface area contributed by atoms with E-state index in [0.717, 1.165) is 5.75 Å². The highest BCUT2D eigenvalue weighted by atomic mass is 16.5. The van der Waals surface area contributed by atoms with Crippen LogP contribution in [-0.2, 0) is 0 Å². The van der Waals surface area contributed by atoms with Crippen molar-refractivity contribution in [2.45, 2.75) is 0 Å². The lowest BCUT2D eigenvalue weighted by molar-refractivity contribution is 0.0979. The fourth-order valence-corrected chi connectivity index (χ4v) is 2.91. The first-order valence-corrected chi connectivity index (χ1v) is 8.05. The van der Waals surface area contributed by atoms with Crippen molar-refractivity contribution in [3.8, 4) is 5.75 Å². The number of fused-ring (bicyclic) bond motifs is 2. The Morgan fingerprint density at radius 2 is 1.19 bits per heavy atom. The van der Waals surface area contributed by atoms with Crippen LogP contribution >= 0.6 is 0 Å². The van der Waals surface area contributed by atoms with Gasteiger partial charge in [-0.3, -0.25) is 9.59 Å². The quantitative estimate of drug-likeness (QED) is 0.498. The fraction of sp³-hybridized carbons (Fsp3) is 0.0476. The number of ether oxygens (including phenoxy) is 1. The summed E-state index contributed by atoms with van der Waals surface area (Å²) in [4.78, 5) is 25.3. The molecule has 26 heavy (non-hydrogen) atoms. The van der Waals surface area contributed by atoms with Crippen molar-refractivity contribution in [2.24, 2.45) is 10.2 Å². The topological polar surface area (TPSA) is 68.1 Å². The van der Waals surface area contributed by atoms with Crippen LogP contribution in [0.1, 0.15) is 31.8 Å². The summed E-state index contributed by atoms with van der Waals surface area (Å²) in [6.07, 6.45) is 0. The summed E-state index contributed by atoms with van der Waals surface area (Å²) in [7, 11) is 1.60. The van der Waals surface area contributed by atoms with Gasteiger partial charge in [0.15, 0.2) is 11.6 Å². The van der Waals surface area contributed by atoms with Crippen LogP contribution in [-0.4, -0.2) is 18.7 Å². The van der Waals surface area contributed by atoms with Gasteiger partial charge in [0, 0.05) is 22.3 Å². The largest absolute Gasteiger partial charge is 0.497 e. The molecule has 126 valence electrons. The standard InChI is InChI=1S/C21H14N2O3/c1-26-15-9-6-13(7-10-15)22-23-14-8-11-18-19(12-14)21(25)17-5-3-2-4-16(17)20(18)24/h2-12H,1H3. The Morgan fingerprint density at radius 3 is 1.85 bits per heavy atom. The molecule has 0 saturated heterocycles. The molecule has 0 aliphatic heterocycles. The molecule has 0 amide bonds. The van der Waals surface area contributed by atoms with E-state index < -0.39 is 0 Å². The van der Waals surface area contributed by atoms with Gasteiger partial charge in [-0.25, -0.2) is 0 Å². The number of ketones is 2. The van der Waals surface area contributed by atoms with Crippen LogP contribution in [0.15, 0.2) is 77.0 Å². The van der Waals surface area contributed by atoms with Gasteiger partial charge in [-0.2, -0.15) is 10.2 Å². The number of hydrogen-bond acceptors (Lipinski definition) is 5. The van der Waals surface area contributed by atoms with Gasteiger partial charge < -0.3 is 4.74 Å². The number of rotatable bonds is 3. The molecule has 0 fully saturated rings. The van der Waals surface area contributed by atoms with Crippen molar-refractivity contribution in [1.29, 1.82) is 0 Å². The first-order valence-electron chi connectivity index (χ1n) is 8.05. The zero-order chi connectivity index (χ0) is 18.1. The number of benzene rings is 3. The predicted molar refractivity (Wildman–Crippen MR) is 96.9 cm³/mol. The summed E-state index contributed by atoms with van der Waals surface area (Å²) < 4.78 is 5.10. The maximum atomic E-state index is 12.7. The summed E-state index contributed by atoms with van der Waals surface area (Å²) in [6.45, 7) is 0. The Balaban J connectivity index is 1.68. The minimum absolute atomic E-state index is 0.145. The Hall–Kier alpha value is -3.60. The third-order valence-corrected chi connectivity index (χ3v) is 4.26. The Kier molecular flexibility index (Phi) is 3.89. The maximum Gasteiger partial charge on any atom is 0.194 e. The van der Waals surface area contributed by atoms with Gasteiger partial charge in [-0.05, 0) is 42.5 Å². The molecule has 3 aromatic carbocycles. The average Bonchev–Trinajstić information content (AvgIpc) is 2.70. The average molecular weight is 342 g/mol. The van der Waals surface area contributed by atoms with Gasteiger partial charge in [0.2, 0.25) is 0 Å². The van der Waals surface area contributed by atoms with E-state index in [1.54, 1.807) is 73.8 Å². The van der Waals surface area contributed by atoms with E-state index in [9.17, 15) is 9.59 Å². The zero-order valence-electron chi connectivity index (χ0n) is 14.0. The van der Waals surface area contributed by atoms with Crippen LogP contribution in [0.5, 0.6) is 5.75 Å². The molecule has 1 aliphatic carbocycles. The van der Waals surface area contributed by atoms with Gasteiger partial charge in [0.05, 0.1) is 18.5 Å². The number of carbonyl (C=O) groups excluding carboxylic acids is 2. The van der Waals surface area contributed by atoms with E-state index in [1.807, 2.05) is 0 Å². The summed E-state index contributed by atoms with van der Waals surface area (Å²) in [6, 6.07) is 18.9. The van der Waals surface area contributed by atoms with Crippen molar-refractivity contribution in [3.63, 3.8) is 0 Å². The third kappa shape index (κ3) is 2.69. The monoisotopic (exact) mass is 342 g/mol. The van der Waals surface area contributed by atoms with Gasteiger partial charge in [0.1, 0.15) is 5.75 Å². The van der Waals surface area contributed by atoms with Gasteiger partial charge >= 0.3 is 0 Å². The van der Waals surface area contributed by atoms with E-state index in [4.69, 9.17) is 4.74 Å². The van der Waals surface area contributed by atoms with Crippen LogP contribution in [0, 0.1) is 0 Å². The van der Waals surface area contributed by atoms with Gasteiger partial charge in [0.25, 0.3) is 0 Å². The van der Waals surface area contributed by atoms with Crippen LogP contribution in [0.25, 0.3) is 0 Å². The Bertz CT molecular complexity index is 1050. The minimum Gasteiger partial charge on any atom is -0.497 e. The molecule has 0 aromatic heterocycles. The van der Waals surface area contributed by atoms with E-state index in [1.165, 1.54) is 0 Å². The van der Waals surface area contributed by atoms with E-state index >= 15 is 0 Å². The van der Waals surface area contributed by atoms with Gasteiger partial charge in [-0.1, -0.05) is 24.3 Å². The molecule has 3 aromatic rings. The summed E-state index contributed by atoms with van der Waals surface area (Å²) >= 11 is 0. The highest BCUT2D eigenvalue weighted by Gasteiger charge is 2.29. The van der Waals surface area contributed by atoms with E-state index in [2.05, 4.69) is 10.2 Å². The minimum atomic E-state index is -0.170. The molecule has 0 spiro atoms. The molecule has 5 nitrogen and oxygen atoms in total. The Morgan fingerprint density at radius 1 is 0.654 bits per heavy atom. The summed E-state index contributed by atoms with van der Waals surface area (Å²) in [5, 5.41) is 8.34. The van der Waals surface area contributed by atoms with Crippen molar-refractivity contribution in [1.82, 2.24) is 0 Å². The normalized spacial score (nSPS) is 12.8. The third-order valence-electron chi connectivity index (χ3n) is 4.26. The number of hydrogen-bond donors (Lipinski definition) is 0. The molecule has 0 heterocycles. The number of carbonyl (C=O) groups is 2. The molecule has 0 bridgehead atoms. The van der Waals surface area contributed by atoms with E-state index in [0.29, 0.717) is 33.6 Å². The molecular formula is C21H14N2O3. The molecule has 0 radical (unpaired) electrons. The van der Waals surface area contributed by atoms with Crippen LogP contribution in [0.2, 0.25) is 0 Å². The van der Waals surface area contributed by atoms with Crippen molar-refractivity contribution in [2.75, 3.05) is 7.11 Å². The molecule has 0 unspecified atom stereocenters. The fourth-order valence-electron chi connectivity index (χ4n) is 2.91. The Labute approximate surface area is 150 Å². The highest BCUT2D eigenvalue weighted by Crippen LogP contribution is 2.30. The smallest absolute Gasteiger partial charge is 0.194 e. The molecule has 0 saturated carbocycles. The van der Waals surface area contributed by atoms with Crippen LogP contribution < -0.4 is 4.74 Å². The van der Waals surface area contributed by atoms with Crippen molar-refractivity contribution < 1.29 is 14.3 Å². The second-order valence-electron chi connectivity index (χ2n) is 5.83. The number of nitrogens with zero attached hydrogens (tertiary/aromatic N) is 2. The first kappa shape index (κ1) is 15.9. The van der Waals surface area contributed by atoms with Crippen LogP contribution in [0.4, 0.5) is 11.4 Å². The number of methoxy groups -OCH3 is 1. The molecule has 5 heteroatoms. The molecule has 1 aliphatic rings. The lowest BCUT2D eigenvalue weighted by Gasteiger charge is -2.17. The van der Waals surface area contributed by atoms with Gasteiger partial charge in [-0.15, -0.1) is 0 Å². The highest BCUT2D eigenvalue weighted by molar-refractivity contribution is 6.28. The number of azo groups is 1. The predicted octanol–water partition coefficient (Wildman–Crippen LogP) is 4.89. The molecule has 0 N–H and O–H groups in total. The lowest BCUT2D eigenvalue weighted by Crippen LogP contribution is -2.20. The van der Waals surface area contributed by atoms with E-state index in [-0.39, 0.29) is 11.6 Å². The second kappa shape index (κ2) is 6.37. The summed E-state index contributed by atoms with van der Waals surface area (Å²) in [5.74, 6) is 0.422. The second-order valence-corrected chi connectivity index (χ2v) is 5.83. The zero-order valence-corrected chi connectivity index (χ0v) is 14.0. The SMILES string of the molecule is COc1ccc(N=Nc2ccc3c(c2)C(=O)c2ccccc2C3=O)cc1. The summed E-state index contributed by atoms with van der Waals surface area (Å²) in [5.41, 5.74) is 2.81. The van der Waals surface area contributed by atoms with Crippen molar-refractivity contribution >= 4 is 22.9 Å². The first-order chi connectivity index (χ1) is 12.7.